The van der Waals surface area contributed by atoms with Gasteiger partial charge in [0.25, 0.3) is 0 Å². The van der Waals surface area contributed by atoms with Crippen molar-refractivity contribution in [1.29, 1.82) is 0 Å². The summed E-state index contributed by atoms with van der Waals surface area (Å²) in [4.78, 5) is 0. The molecule has 0 heterocycles. The van der Waals surface area contributed by atoms with E-state index < -0.39 is 12.1 Å². The molecule has 0 spiro atoms. The first-order valence-electron chi connectivity index (χ1n) is 6.87. The Kier molecular flexibility index (Phi) is 7.58. The maximum Gasteiger partial charge on any atom is -0.0140 e. The molecule has 0 aromatic rings. The molecular formula is C14H30P2S2. The fourth-order valence-corrected chi connectivity index (χ4v) is 8.50. The minimum absolute atomic E-state index is 0.575. The zero-order valence-corrected chi connectivity index (χ0v) is 16.6. The van der Waals surface area contributed by atoms with E-state index in [0.29, 0.717) is 22.6 Å². The minimum atomic E-state index is -1.43. The zero-order chi connectivity index (χ0) is 14.7. The Balaban J connectivity index is 5.47. The monoisotopic (exact) mass is 324 g/mol. The first-order chi connectivity index (χ1) is 7.98. The van der Waals surface area contributed by atoms with Crippen LogP contribution in [0.2, 0.25) is 0 Å². The third kappa shape index (κ3) is 4.27. The minimum Gasteiger partial charge on any atom is -0.0926 e. The van der Waals surface area contributed by atoms with E-state index in [1.165, 1.54) is 0 Å². The average molecular weight is 324 g/mol. The largest absolute Gasteiger partial charge is 0.0926 e. The van der Waals surface area contributed by atoms with Gasteiger partial charge in [0.2, 0.25) is 0 Å². The topological polar surface area (TPSA) is 0 Å². The summed E-state index contributed by atoms with van der Waals surface area (Å²) in [5, 5.41) is 0. The van der Waals surface area contributed by atoms with E-state index in [1.807, 2.05) is 0 Å². The SMILES string of the molecule is CC(C)P(=S)(/C=C/P(=S)(C(C)C)C(C)C)C(C)C. The molecule has 0 bridgehead atoms. The van der Waals surface area contributed by atoms with Crippen LogP contribution >= 0.6 is 12.1 Å². The highest BCUT2D eigenvalue weighted by Gasteiger charge is 2.26. The van der Waals surface area contributed by atoms with E-state index in [4.69, 9.17) is 23.6 Å². The molecule has 0 aromatic carbocycles. The van der Waals surface area contributed by atoms with Gasteiger partial charge in [-0.3, -0.25) is 0 Å². The second-order valence-electron chi connectivity index (χ2n) is 6.20. The highest BCUT2D eigenvalue weighted by Crippen LogP contribution is 2.63. The van der Waals surface area contributed by atoms with Crippen molar-refractivity contribution in [3.05, 3.63) is 11.6 Å². The predicted molar refractivity (Wildman–Crippen MR) is 98.3 cm³/mol. The lowest BCUT2D eigenvalue weighted by atomic mass is 10.5. The lowest BCUT2D eigenvalue weighted by Gasteiger charge is -2.31. The fourth-order valence-electron chi connectivity index (χ4n) is 2.09. The molecule has 0 aromatic heterocycles. The van der Waals surface area contributed by atoms with Gasteiger partial charge in [-0.1, -0.05) is 79.0 Å². The van der Waals surface area contributed by atoms with Crippen LogP contribution in [-0.2, 0) is 23.6 Å². The Morgan fingerprint density at radius 1 is 0.556 bits per heavy atom. The molecule has 0 N–H and O–H groups in total. The van der Waals surface area contributed by atoms with Crippen LogP contribution < -0.4 is 0 Å². The molecule has 0 rings (SSSR count). The van der Waals surface area contributed by atoms with Crippen LogP contribution in [0, 0.1) is 0 Å². The van der Waals surface area contributed by atoms with Crippen LogP contribution in [0.4, 0.5) is 0 Å². The van der Waals surface area contributed by atoms with Gasteiger partial charge in [-0.25, -0.2) is 0 Å². The molecule has 18 heavy (non-hydrogen) atoms. The molecule has 0 radical (unpaired) electrons. The van der Waals surface area contributed by atoms with Gasteiger partial charge in [-0.05, 0) is 46.3 Å². The summed E-state index contributed by atoms with van der Waals surface area (Å²) < 4.78 is 0. The van der Waals surface area contributed by atoms with Crippen LogP contribution in [0.15, 0.2) is 11.6 Å². The molecule has 0 amide bonds. The number of rotatable bonds is 6. The van der Waals surface area contributed by atoms with Crippen molar-refractivity contribution >= 4 is 35.7 Å². The van der Waals surface area contributed by atoms with Gasteiger partial charge in [0.1, 0.15) is 0 Å². The molecule has 0 nitrogen and oxygen atoms in total. The molecule has 0 atom stereocenters. The van der Waals surface area contributed by atoms with Gasteiger partial charge in [-0.2, -0.15) is 0 Å². The van der Waals surface area contributed by atoms with E-state index >= 15 is 0 Å². The Hall–Kier alpha value is 1.04. The second-order valence-corrected chi connectivity index (χ2v) is 17.8. The number of hydrogen-bond acceptors (Lipinski definition) is 2. The second kappa shape index (κ2) is 7.16. The standard InChI is InChI=1S/C14H30P2S2/c1-11(2)15(17,12(3)4)9-10-16(18,13(5)6)14(7)8/h9-14H,1-8H3/b10-9+. The van der Waals surface area contributed by atoms with Crippen LogP contribution in [0.3, 0.4) is 0 Å². The van der Waals surface area contributed by atoms with Crippen molar-refractivity contribution in [2.45, 2.75) is 78.0 Å². The summed E-state index contributed by atoms with van der Waals surface area (Å²) in [6.07, 6.45) is 0. The summed E-state index contributed by atoms with van der Waals surface area (Å²) in [7, 11) is 0. The molecule has 0 aliphatic carbocycles. The van der Waals surface area contributed by atoms with Crippen LogP contribution in [-0.4, -0.2) is 22.6 Å². The van der Waals surface area contributed by atoms with Crippen LogP contribution in [0.5, 0.6) is 0 Å². The van der Waals surface area contributed by atoms with Crippen molar-refractivity contribution in [1.82, 2.24) is 0 Å². The van der Waals surface area contributed by atoms with E-state index in [0.717, 1.165) is 0 Å². The molecule has 4 heteroatoms. The van der Waals surface area contributed by atoms with Crippen LogP contribution in [0.1, 0.15) is 55.4 Å². The van der Waals surface area contributed by atoms with Gasteiger partial charge in [-0.15, -0.1) is 0 Å². The molecule has 108 valence electrons. The van der Waals surface area contributed by atoms with Crippen molar-refractivity contribution in [3.8, 4) is 0 Å². The van der Waals surface area contributed by atoms with Gasteiger partial charge in [0, 0.05) is 0 Å². The normalized spacial score (nSPS) is 14.7. The van der Waals surface area contributed by atoms with E-state index in [1.54, 1.807) is 0 Å². The molecule has 0 saturated carbocycles. The van der Waals surface area contributed by atoms with Crippen LogP contribution in [0.25, 0.3) is 0 Å². The van der Waals surface area contributed by atoms with Gasteiger partial charge in [0.05, 0.1) is 0 Å². The Morgan fingerprint density at radius 3 is 0.833 bits per heavy atom. The smallest absolute Gasteiger partial charge is 0.0140 e. The molecule has 0 unspecified atom stereocenters. The number of hydrogen-bond donors (Lipinski definition) is 0. The summed E-state index contributed by atoms with van der Waals surface area (Å²) in [6.45, 7) is 18.1. The Labute approximate surface area is 125 Å². The van der Waals surface area contributed by atoms with Gasteiger partial charge >= 0.3 is 0 Å². The van der Waals surface area contributed by atoms with Crippen molar-refractivity contribution in [3.63, 3.8) is 0 Å². The van der Waals surface area contributed by atoms with Crippen molar-refractivity contribution in [2.75, 3.05) is 0 Å². The van der Waals surface area contributed by atoms with E-state index in [2.05, 4.69) is 67.0 Å². The molecule has 0 fully saturated rings. The summed E-state index contributed by atoms with van der Waals surface area (Å²) in [6, 6.07) is -2.85. The summed E-state index contributed by atoms with van der Waals surface area (Å²) >= 11 is 12.0. The van der Waals surface area contributed by atoms with Gasteiger partial charge in [0.15, 0.2) is 0 Å². The van der Waals surface area contributed by atoms with Crippen molar-refractivity contribution < 1.29 is 0 Å². The fraction of sp³-hybridized carbons (Fsp3) is 0.857. The highest BCUT2D eigenvalue weighted by molar-refractivity contribution is 8.18. The first kappa shape index (κ1) is 19.0. The van der Waals surface area contributed by atoms with E-state index in [9.17, 15) is 0 Å². The van der Waals surface area contributed by atoms with Gasteiger partial charge < -0.3 is 0 Å². The lowest BCUT2D eigenvalue weighted by Crippen LogP contribution is -2.08. The Bertz CT molecular complexity index is 319. The van der Waals surface area contributed by atoms with E-state index in [-0.39, 0.29) is 0 Å². The molecular weight excluding hydrogens is 294 g/mol. The quantitative estimate of drug-likeness (QED) is 0.545. The third-order valence-corrected chi connectivity index (χ3v) is 17.5. The highest BCUT2D eigenvalue weighted by atomic mass is 32.4. The maximum atomic E-state index is 5.99. The van der Waals surface area contributed by atoms with Crippen molar-refractivity contribution in [2.24, 2.45) is 0 Å². The third-order valence-electron chi connectivity index (χ3n) is 3.76. The molecule has 0 saturated heterocycles. The lowest BCUT2D eigenvalue weighted by molar-refractivity contribution is 1.01. The zero-order valence-electron chi connectivity index (χ0n) is 13.2. The maximum absolute atomic E-state index is 5.99. The molecule has 0 aliphatic heterocycles. The molecule has 0 aliphatic rings. The summed E-state index contributed by atoms with van der Waals surface area (Å²) in [5.74, 6) is 4.75. The predicted octanol–water partition coefficient (Wildman–Crippen LogP) is 6.05. The average Bonchev–Trinajstić information content (AvgIpc) is 2.23. The first-order valence-corrected chi connectivity index (χ1v) is 12.9. The summed E-state index contributed by atoms with van der Waals surface area (Å²) in [5.41, 5.74) is 2.30. The Morgan fingerprint density at radius 2 is 0.722 bits per heavy atom.